The number of aromatic nitrogens is 2. The van der Waals surface area contributed by atoms with E-state index in [2.05, 4.69) is 23.8 Å². The Morgan fingerprint density at radius 2 is 1.59 bits per heavy atom. The predicted octanol–water partition coefficient (Wildman–Crippen LogP) is 6.83. The summed E-state index contributed by atoms with van der Waals surface area (Å²) in [7, 11) is 0. The van der Waals surface area contributed by atoms with Gasteiger partial charge in [0.05, 0.1) is 6.61 Å². The molecule has 0 fully saturated rings. The number of rotatable bonds is 13. The zero-order valence-corrected chi connectivity index (χ0v) is 17.5. The molecule has 1 atom stereocenters. The maximum atomic E-state index is 6.11. The van der Waals surface area contributed by atoms with Crippen LogP contribution in [0.15, 0.2) is 36.7 Å². The van der Waals surface area contributed by atoms with Gasteiger partial charge in [-0.15, -0.1) is 11.6 Å². The van der Waals surface area contributed by atoms with Gasteiger partial charge in [0.25, 0.3) is 0 Å². The molecule has 0 bridgehead atoms. The second-order valence-corrected chi connectivity index (χ2v) is 7.72. The highest BCUT2D eigenvalue weighted by Gasteiger charge is 2.04. The Morgan fingerprint density at radius 1 is 0.926 bits per heavy atom. The molecule has 1 aromatic heterocycles. The lowest BCUT2D eigenvalue weighted by Crippen LogP contribution is -2.05. The van der Waals surface area contributed by atoms with Gasteiger partial charge in [-0.25, -0.2) is 9.97 Å². The third-order valence-electron chi connectivity index (χ3n) is 4.78. The van der Waals surface area contributed by atoms with Crippen LogP contribution in [0.4, 0.5) is 0 Å². The first-order valence-electron chi connectivity index (χ1n) is 10.4. The minimum Gasteiger partial charge on any atom is -0.494 e. The minimum atomic E-state index is 0.188. The Labute approximate surface area is 169 Å². The lowest BCUT2D eigenvalue weighted by molar-refractivity contribution is 0.307. The first kappa shape index (κ1) is 21.7. The molecule has 148 valence electrons. The highest BCUT2D eigenvalue weighted by Crippen LogP contribution is 2.20. The van der Waals surface area contributed by atoms with Gasteiger partial charge in [-0.3, -0.25) is 0 Å². The zero-order chi connectivity index (χ0) is 19.3. The summed E-state index contributed by atoms with van der Waals surface area (Å²) in [4.78, 5) is 9.07. The summed E-state index contributed by atoms with van der Waals surface area (Å²) in [6, 6.07) is 7.96. The summed E-state index contributed by atoms with van der Waals surface area (Å²) in [5.41, 5.74) is 2.23. The summed E-state index contributed by atoms with van der Waals surface area (Å²) in [5.74, 6) is 1.62. The maximum absolute atomic E-state index is 6.11. The molecule has 0 unspecified atom stereocenters. The first-order chi connectivity index (χ1) is 13.2. The number of nitrogens with zero attached hydrogens (tertiary/aromatic N) is 2. The van der Waals surface area contributed by atoms with Crippen molar-refractivity contribution in [3.63, 3.8) is 0 Å². The number of aryl methyl sites for hydroxylation is 1. The Morgan fingerprint density at radius 3 is 2.26 bits per heavy atom. The molecular weight excluding hydrogens is 356 g/mol. The average molecular weight is 389 g/mol. The van der Waals surface area contributed by atoms with Crippen LogP contribution in [0, 0.1) is 0 Å². The summed E-state index contributed by atoms with van der Waals surface area (Å²) >= 11 is 6.11. The molecule has 0 saturated heterocycles. The Bertz CT molecular complexity index is 628. The third kappa shape index (κ3) is 8.30. The summed E-state index contributed by atoms with van der Waals surface area (Å²) in [6.07, 6.45) is 14.7. The number of unbranched alkanes of at least 4 members (excludes halogenated alkanes) is 5. The van der Waals surface area contributed by atoms with Gasteiger partial charge in [0.2, 0.25) is 0 Å². The van der Waals surface area contributed by atoms with E-state index in [9.17, 15) is 0 Å². The van der Waals surface area contributed by atoms with Gasteiger partial charge in [0.1, 0.15) is 5.75 Å². The highest BCUT2D eigenvalue weighted by atomic mass is 35.5. The fourth-order valence-electron chi connectivity index (χ4n) is 2.95. The van der Waals surface area contributed by atoms with Gasteiger partial charge in [-0.05, 0) is 55.5 Å². The number of halogens is 1. The SMILES string of the molecule is CCCCCCCCc1cnc(-c2ccc(OCC[C@@H](Cl)CC)cc2)nc1. The van der Waals surface area contributed by atoms with Crippen LogP contribution in [0.2, 0.25) is 0 Å². The summed E-state index contributed by atoms with van der Waals surface area (Å²) in [6.45, 7) is 4.99. The predicted molar refractivity (Wildman–Crippen MR) is 115 cm³/mol. The molecule has 1 aromatic carbocycles. The van der Waals surface area contributed by atoms with E-state index in [4.69, 9.17) is 16.3 Å². The van der Waals surface area contributed by atoms with Gasteiger partial charge >= 0.3 is 0 Å². The number of hydrogen-bond donors (Lipinski definition) is 0. The molecule has 0 aliphatic heterocycles. The van der Waals surface area contributed by atoms with E-state index in [-0.39, 0.29) is 5.38 Å². The van der Waals surface area contributed by atoms with Crippen LogP contribution < -0.4 is 4.74 Å². The van der Waals surface area contributed by atoms with Gasteiger partial charge in [-0.2, -0.15) is 0 Å². The van der Waals surface area contributed by atoms with Crippen molar-refractivity contribution < 1.29 is 4.74 Å². The second-order valence-electron chi connectivity index (χ2n) is 7.10. The van der Waals surface area contributed by atoms with E-state index in [0.717, 1.165) is 36.4 Å². The van der Waals surface area contributed by atoms with Gasteiger partial charge < -0.3 is 4.74 Å². The van der Waals surface area contributed by atoms with E-state index in [0.29, 0.717) is 6.61 Å². The molecule has 2 aromatic rings. The van der Waals surface area contributed by atoms with Crippen molar-refractivity contribution in [2.75, 3.05) is 6.61 Å². The molecule has 0 radical (unpaired) electrons. The molecule has 4 heteroatoms. The van der Waals surface area contributed by atoms with E-state index < -0.39 is 0 Å². The second kappa shape index (κ2) is 12.7. The fraction of sp³-hybridized carbons (Fsp3) is 0.565. The Hall–Kier alpha value is -1.61. The smallest absolute Gasteiger partial charge is 0.159 e. The topological polar surface area (TPSA) is 35.0 Å². The van der Waals surface area contributed by atoms with Gasteiger partial charge in [0, 0.05) is 23.3 Å². The van der Waals surface area contributed by atoms with Crippen molar-refractivity contribution >= 4 is 11.6 Å². The van der Waals surface area contributed by atoms with Crippen molar-refractivity contribution in [2.24, 2.45) is 0 Å². The maximum Gasteiger partial charge on any atom is 0.159 e. The lowest BCUT2D eigenvalue weighted by Gasteiger charge is -2.09. The molecule has 3 nitrogen and oxygen atoms in total. The number of ether oxygens (including phenoxy) is 1. The monoisotopic (exact) mass is 388 g/mol. The fourth-order valence-corrected chi connectivity index (χ4v) is 3.04. The lowest BCUT2D eigenvalue weighted by atomic mass is 10.1. The van der Waals surface area contributed by atoms with Crippen LogP contribution in [0.3, 0.4) is 0 Å². The molecule has 2 rings (SSSR count). The summed E-state index contributed by atoms with van der Waals surface area (Å²) in [5, 5.41) is 0.188. The third-order valence-corrected chi connectivity index (χ3v) is 5.31. The van der Waals surface area contributed by atoms with Crippen LogP contribution in [0.25, 0.3) is 11.4 Å². The molecule has 0 N–H and O–H groups in total. The Kier molecular flexibility index (Phi) is 10.2. The van der Waals surface area contributed by atoms with E-state index in [1.54, 1.807) is 0 Å². The normalized spacial score (nSPS) is 12.1. The van der Waals surface area contributed by atoms with Crippen molar-refractivity contribution in [3.8, 4) is 17.1 Å². The van der Waals surface area contributed by atoms with Crippen molar-refractivity contribution in [1.29, 1.82) is 0 Å². The van der Waals surface area contributed by atoms with Crippen LogP contribution in [0.1, 0.15) is 70.8 Å². The van der Waals surface area contributed by atoms with Crippen molar-refractivity contribution in [3.05, 3.63) is 42.2 Å². The van der Waals surface area contributed by atoms with Crippen LogP contribution >= 0.6 is 11.6 Å². The standard InChI is InChI=1S/C23H33ClN2O/c1-3-5-6-7-8-9-10-19-17-25-23(26-18-19)20-11-13-22(14-12-20)27-16-15-21(24)4-2/h11-14,17-18,21H,3-10,15-16H2,1-2H3/t21-/m0/s1. The van der Waals surface area contributed by atoms with Gasteiger partial charge in [0.15, 0.2) is 5.82 Å². The average Bonchev–Trinajstić information content (AvgIpc) is 2.71. The van der Waals surface area contributed by atoms with Crippen molar-refractivity contribution in [1.82, 2.24) is 9.97 Å². The van der Waals surface area contributed by atoms with E-state index >= 15 is 0 Å². The van der Waals surface area contributed by atoms with Gasteiger partial charge in [-0.1, -0.05) is 46.0 Å². The summed E-state index contributed by atoms with van der Waals surface area (Å²) < 4.78 is 5.74. The molecule has 0 aliphatic rings. The molecule has 1 heterocycles. The van der Waals surface area contributed by atoms with E-state index in [1.165, 1.54) is 44.1 Å². The van der Waals surface area contributed by atoms with Crippen LogP contribution in [-0.4, -0.2) is 22.0 Å². The van der Waals surface area contributed by atoms with E-state index in [1.807, 2.05) is 36.7 Å². The molecule has 0 spiro atoms. The molecule has 0 aliphatic carbocycles. The largest absolute Gasteiger partial charge is 0.494 e. The Balaban J connectivity index is 1.77. The van der Waals surface area contributed by atoms with Crippen molar-refractivity contribution in [2.45, 2.75) is 77.0 Å². The number of benzene rings is 1. The highest BCUT2D eigenvalue weighted by molar-refractivity contribution is 6.20. The molecular formula is C23H33ClN2O. The zero-order valence-electron chi connectivity index (χ0n) is 16.8. The molecule has 27 heavy (non-hydrogen) atoms. The van der Waals surface area contributed by atoms with Crippen LogP contribution in [-0.2, 0) is 6.42 Å². The molecule has 0 amide bonds. The molecule has 0 saturated carbocycles. The first-order valence-corrected chi connectivity index (χ1v) is 10.8. The number of hydrogen-bond acceptors (Lipinski definition) is 3. The number of alkyl halides is 1. The van der Waals surface area contributed by atoms with Crippen LogP contribution in [0.5, 0.6) is 5.75 Å². The quantitative estimate of drug-likeness (QED) is 0.278. The minimum absolute atomic E-state index is 0.188.